The van der Waals surface area contributed by atoms with Crippen LogP contribution in [0.4, 0.5) is 30.8 Å². The highest BCUT2D eigenvalue weighted by atomic mass is 35.5. The number of alkyl halides is 3. The number of aromatic nitrogens is 6. The molecule has 1 aliphatic carbocycles. The van der Waals surface area contributed by atoms with E-state index in [1.807, 2.05) is 45.2 Å². The summed E-state index contributed by atoms with van der Waals surface area (Å²) >= 11 is 6.04. The summed E-state index contributed by atoms with van der Waals surface area (Å²) < 4.78 is 45.5. The lowest BCUT2D eigenvalue weighted by Crippen LogP contribution is -2.44. The summed E-state index contributed by atoms with van der Waals surface area (Å²) in [5.74, 6) is -1.09. The SMILES string of the molecule is Cn1cnnc1-c1ccc(CC(=O)C(=O)NCC(C)(C)CNC(=O)c2ccc(Nc3nc(NC4(c5ccc(Cl)cc5)CC4)nc(OCC(F)(F)F)n3)cc2)cc1. The molecule has 56 heavy (non-hydrogen) atoms. The van der Waals surface area contributed by atoms with Crippen LogP contribution in [0.1, 0.15) is 48.2 Å². The molecule has 0 unspecified atom stereocenters. The van der Waals surface area contributed by atoms with Gasteiger partial charge in [0.1, 0.15) is 6.33 Å². The quantitative estimate of drug-likeness (QED) is 0.0890. The molecule has 2 amide bonds. The molecule has 0 saturated heterocycles. The van der Waals surface area contributed by atoms with Crippen molar-refractivity contribution in [2.45, 2.75) is 44.8 Å². The van der Waals surface area contributed by atoms with Crippen molar-refractivity contribution in [1.29, 1.82) is 0 Å². The van der Waals surface area contributed by atoms with Crippen LogP contribution in [0, 0.1) is 5.41 Å². The lowest BCUT2D eigenvalue weighted by atomic mass is 9.93. The Bertz CT molecular complexity index is 2190. The first-order valence-corrected chi connectivity index (χ1v) is 17.8. The zero-order chi connectivity index (χ0) is 40.1. The number of benzene rings is 3. The number of halogens is 4. The predicted octanol–water partition coefficient (Wildman–Crippen LogP) is 5.79. The summed E-state index contributed by atoms with van der Waals surface area (Å²) in [4.78, 5) is 50.7. The van der Waals surface area contributed by atoms with Gasteiger partial charge in [-0.2, -0.15) is 28.1 Å². The second kappa shape index (κ2) is 16.3. The fourth-order valence-corrected chi connectivity index (χ4v) is 5.72. The monoisotopic (exact) mass is 790 g/mol. The molecule has 0 spiro atoms. The molecule has 0 radical (unpaired) electrons. The maximum absolute atomic E-state index is 13.0. The van der Waals surface area contributed by atoms with E-state index in [1.165, 1.54) is 0 Å². The van der Waals surface area contributed by atoms with E-state index in [4.69, 9.17) is 16.3 Å². The first-order valence-electron chi connectivity index (χ1n) is 17.5. The van der Waals surface area contributed by atoms with Crippen LogP contribution in [0.3, 0.4) is 0 Å². The zero-order valence-corrected chi connectivity index (χ0v) is 31.3. The second-order valence-electron chi connectivity index (χ2n) is 14.2. The third-order valence-electron chi connectivity index (χ3n) is 8.88. The van der Waals surface area contributed by atoms with Crippen LogP contribution in [-0.2, 0) is 28.6 Å². The Morgan fingerprint density at radius 1 is 0.875 bits per heavy atom. The van der Waals surface area contributed by atoms with Gasteiger partial charge in [-0.15, -0.1) is 10.2 Å². The van der Waals surface area contributed by atoms with Crippen LogP contribution >= 0.6 is 11.6 Å². The van der Waals surface area contributed by atoms with Crippen molar-refractivity contribution < 1.29 is 32.3 Å². The largest absolute Gasteiger partial charge is 0.454 e. The number of nitrogens with one attached hydrogen (secondary N) is 4. The topological polar surface area (TPSA) is 178 Å². The van der Waals surface area contributed by atoms with E-state index in [2.05, 4.69) is 46.4 Å². The molecule has 0 atom stereocenters. The number of hydrogen-bond donors (Lipinski definition) is 4. The number of aryl methyl sites for hydroxylation is 1. The molecule has 2 aromatic heterocycles. The number of hydrogen-bond acceptors (Lipinski definition) is 11. The van der Waals surface area contributed by atoms with Crippen molar-refractivity contribution >= 4 is 46.8 Å². The molecular weight excluding hydrogens is 753 g/mol. The Balaban J connectivity index is 1.01. The van der Waals surface area contributed by atoms with E-state index in [1.54, 1.807) is 59.4 Å². The van der Waals surface area contributed by atoms with Crippen molar-refractivity contribution in [3.8, 4) is 17.4 Å². The zero-order valence-electron chi connectivity index (χ0n) is 30.6. The van der Waals surface area contributed by atoms with Crippen LogP contribution in [0.5, 0.6) is 6.01 Å². The van der Waals surface area contributed by atoms with E-state index in [0.29, 0.717) is 27.7 Å². The third-order valence-corrected chi connectivity index (χ3v) is 9.13. The maximum atomic E-state index is 13.0. The number of amides is 2. The van der Waals surface area contributed by atoms with Crippen LogP contribution in [0.15, 0.2) is 79.1 Å². The second-order valence-corrected chi connectivity index (χ2v) is 14.6. The molecular formula is C38H38ClF3N10O4. The summed E-state index contributed by atoms with van der Waals surface area (Å²) in [5, 5.41) is 20.1. The van der Waals surface area contributed by atoms with Gasteiger partial charge in [-0.25, -0.2) is 0 Å². The van der Waals surface area contributed by atoms with Crippen LogP contribution in [-0.4, -0.2) is 73.2 Å². The molecule has 3 aromatic carbocycles. The fourth-order valence-electron chi connectivity index (χ4n) is 5.59. The van der Waals surface area contributed by atoms with Gasteiger partial charge in [-0.05, 0) is 65.8 Å². The molecule has 1 aliphatic rings. The third kappa shape index (κ3) is 10.6. The summed E-state index contributed by atoms with van der Waals surface area (Å²) in [6.45, 7) is 2.39. The van der Waals surface area contributed by atoms with Crippen molar-refractivity contribution in [1.82, 2.24) is 40.3 Å². The Morgan fingerprint density at radius 3 is 2.16 bits per heavy atom. The summed E-state index contributed by atoms with van der Waals surface area (Å²) in [5.41, 5.74) is 2.06. The summed E-state index contributed by atoms with van der Waals surface area (Å²) in [6, 6.07) is 20.1. The van der Waals surface area contributed by atoms with Crippen LogP contribution in [0.25, 0.3) is 11.4 Å². The smallest absolute Gasteiger partial charge is 0.422 e. The predicted molar refractivity (Wildman–Crippen MR) is 201 cm³/mol. The molecule has 1 saturated carbocycles. The first-order chi connectivity index (χ1) is 26.6. The van der Waals surface area contributed by atoms with Gasteiger partial charge < -0.3 is 30.6 Å². The summed E-state index contributed by atoms with van der Waals surface area (Å²) in [6.07, 6.45) is -1.62. The first kappa shape index (κ1) is 39.6. The minimum absolute atomic E-state index is 0.0103. The van der Waals surface area contributed by atoms with Crippen LogP contribution in [0.2, 0.25) is 5.02 Å². The highest BCUT2D eigenvalue weighted by molar-refractivity contribution is 6.36. The molecule has 292 valence electrons. The Kier molecular flexibility index (Phi) is 11.5. The lowest BCUT2D eigenvalue weighted by molar-refractivity contribution is -0.154. The Labute approximate surface area is 324 Å². The summed E-state index contributed by atoms with van der Waals surface area (Å²) in [7, 11) is 1.83. The molecule has 2 heterocycles. The molecule has 18 heteroatoms. The Hall–Kier alpha value is -6.10. The molecule has 0 aliphatic heterocycles. The maximum Gasteiger partial charge on any atom is 0.422 e. The molecule has 4 N–H and O–H groups in total. The molecule has 0 bridgehead atoms. The van der Waals surface area contributed by atoms with Gasteiger partial charge in [-0.3, -0.25) is 14.4 Å². The van der Waals surface area contributed by atoms with Crippen molar-refractivity contribution in [2.24, 2.45) is 12.5 Å². The normalized spacial score (nSPS) is 13.4. The minimum atomic E-state index is -4.61. The van der Waals surface area contributed by atoms with Crippen molar-refractivity contribution in [3.05, 3.63) is 101 Å². The van der Waals surface area contributed by atoms with Gasteiger partial charge in [0.15, 0.2) is 12.4 Å². The van der Waals surface area contributed by atoms with E-state index in [0.717, 1.165) is 24.0 Å². The minimum Gasteiger partial charge on any atom is -0.454 e. The number of ketones is 1. The van der Waals surface area contributed by atoms with Gasteiger partial charge in [0, 0.05) is 48.4 Å². The Morgan fingerprint density at radius 2 is 1.54 bits per heavy atom. The van der Waals surface area contributed by atoms with E-state index < -0.39 is 41.4 Å². The van der Waals surface area contributed by atoms with Gasteiger partial charge in [0.2, 0.25) is 17.7 Å². The molecule has 1 fully saturated rings. The van der Waals surface area contributed by atoms with E-state index in [9.17, 15) is 27.6 Å². The number of anilines is 3. The van der Waals surface area contributed by atoms with Crippen molar-refractivity contribution in [2.75, 3.05) is 30.3 Å². The fraction of sp³-hybridized carbons (Fsp3) is 0.316. The average Bonchev–Trinajstić information content (AvgIpc) is 3.81. The van der Waals surface area contributed by atoms with Gasteiger partial charge in [0.25, 0.3) is 11.8 Å². The molecule has 14 nitrogen and oxygen atoms in total. The van der Waals surface area contributed by atoms with Crippen LogP contribution < -0.4 is 26.0 Å². The number of carbonyl (C=O) groups excluding carboxylic acids is 3. The number of nitrogens with zero attached hydrogens (tertiary/aromatic N) is 6. The van der Waals surface area contributed by atoms with Gasteiger partial charge >= 0.3 is 12.2 Å². The lowest BCUT2D eigenvalue weighted by Gasteiger charge is -2.25. The highest BCUT2D eigenvalue weighted by Gasteiger charge is 2.45. The van der Waals surface area contributed by atoms with Crippen molar-refractivity contribution in [3.63, 3.8) is 0 Å². The number of rotatable bonds is 16. The number of ether oxygens (including phenoxy) is 1. The number of carbonyl (C=O) groups is 3. The molecule has 6 rings (SSSR count). The average molecular weight is 791 g/mol. The van der Waals surface area contributed by atoms with Gasteiger partial charge in [-0.1, -0.05) is 61.8 Å². The van der Waals surface area contributed by atoms with E-state index >= 15 is 0 Å². The molecule has 5 aromatic rings. The standard InChI is InChI=1S/C38H38ClF3N10O4/c1-36(2,20-44-32(55)29(53)18-23-4-6-24(7-5-23)30-51-45-22-52(30)3)19-43-31(54)25-8-14-28(15-9-25)46-33-47-34(49-35(48-33)56-21-38(40,41)42)50-37(16-17-37)26-10-12-27(39)13-11-26/h4-15,22H,16-21H2,1-3H3,(H,43,54)(H,44,55)(H2,46,47,48,49,50). The highest BCUT2D eigenvalue weighted by Crippen LogP contribution is 2.48. The van der Waals surface area contributed by atoms with Gasteiger partial charge in [0.05, 0.1) is 5.54 Å². The number of Topliss-reactive ketones (excluding diaryl/α,β-unsaturated/α-hetero) is 1. The van der Waals surface area contributed by atoms with E-state index in [-0.39, 0.29) is 37.3 Å².